The van der Waals surface area contributed by atoms with Gasteiger partial charge in [0.1, 0.15) is 11.5 Å². The van der Waals surface area contributed by atoms with Crippen molar-refractivity contribution in [3.63, 3.8) is 0 Å². The molecule has 0 aromatic heterocycles. The number of hydrogen-bond acceptors (Lipinski definition) is 4. The zero-order valence-corrected chi connectivity index (χ0v) is 19.0. The van der Waals surface area contributed by atoms with Crippen molar-refractivity contribution in [3.8, 4) is 5.75 Å². The summed E-state index contributed by atoms with van der Waals surface area (Å²) in [4.78, 5) is 27.8. The fraction of sp³-hybridized carbons (Fsp3) is 0.214. The standard InChI is InChI=1S/C28H27NO4/c1-18-9-12-22(17-19(18)2)26(30)24-25(21-7-5-4-6-8-21)29(28(32)27(24)31)16-15-20-10-13-23(33-3)14-11-20/h4-14,17,25,30H,15-16H2,1-3H3/b26-24-. The molecule has 1 aliphatic heterocycles. The van der Waals surface area contributed by atoms with Gasteiger partial charge in [0.2, 0.25) is 0 Å². The van der Waals surface area contributed by atoms with E-state index in [0.717, 1.165) is 28.0 Å². The van der Waals surface area contributed by atoms with E-state index in [1.54, 1.807) is 18.1 Å². The Morgan fingerprint density at radius 2 is 1.64 bits per heavy atom. The Morgan fingerprint density at radius 1 is 0.939 bits per heavy atom. The van der Waals surface area contributed by atoms with Gasteiger partial charge in [-0.3, -0.25) is 9.59 Å². The van der Waals surface area contributed by atoms with Crippen molar-refractivity contribution < 1.29 is 19.4 Å². The minimum atomic E-state index is -0.658. The molecule has 1 atom stereocenters. The third-order valence-corrected chi connectivity index (χ3v) is 6.24. The van der Waals surface area contributed by atoms with Gasteiger partial charge in [0.25, 0.3) is 11.7 Å². The van der Waals surface area contributed by atoms with Gasteiger partial charge in [0, 0.05) is 12.1 Å². The lowest BCUT2D eigenvalue weighted by atomic mass is 9.94. The number of ether oxygens (including phenoxy) is 1. The fourth-order valence-corrected chi connectivity index (χ4v) is 4.18. The van der Waals surface area contributed by atoms with Crippen molar-refractivity contribution >= 4 is 17.4 Å². The number of hydrogen-bond donors (Lipinski definition) is 1. The molecule has 3 aromatic rings. The van der Waals surface area contributed by atoms with Crippen LogP contribution in [0.5, 0.6) is 5.75 Å². The minimum absolute atomic E-state index is 0.129. The van der Waals surface area contributed by atoms with Crippen molar-refractivity contribution in [1.29, 1.82) is 0 Å². The van der Waals surface area contributed by atoms with Gasteiger partial charge in [0.15, 0.2) is 0 Å². The molecule has 1 heterocycles. The topological polar surface area (TPSA) is 66.8 Å². The summed E-state index contributed by atoms with van der Waals surface area (Å²) >= 11 is 0. The van der Waals surface area contributed by atoms with Gasteiger partial charge >= 0.3 is 0 Å². The van der Waals surface area contributed by atoms with Crippen LogP contribution in [0.2, 0.25) is 0 Å². The molecule has 5 nitrogen and oxygen atoms in total. The molecule has 0 radical (unpaired) electrons. The Balaban J connectivity index is 1.74. The van der Waals surface area contributed by atoms with Crippen molar-refractivity contribution in [2.24, 2.45) is 0 Å². The van der Waals surface area contributed by atoms with Crippen LogP contribution < -0.4 is 4.74 Å². The SMILES string of the molecule is COc1ccc(CCN2C(=O)C(=O)/C(=C(\O)c3ccc(C)c(C)c3)C2c2ccccc2)cc1. The zero-order valence-electron chi connectivity index (χ0n) is 19.0. The van der Waals surface area contributed by atoms with Crippen molar-refractivity contribution in [1.82, 2.24) is 4.90 Å². The van der Waals surface area contributed by atoms with E-state index in [0.29, 0.717) is 18.5 Å². The molecule has 168 valence electrons. The molecule has 0 aliphatic carbocycles. The molecule has 1 N–H and O–H groups in total. The van der Waals surface area contributed by atoms with Crippen LogP contribution in [0.3, 0.4) is 0 Å². The van der Waals surface area contributed by atoms with Crippen LogP contribution in [0.1, 0.15) is 33.9 Å². The largest absolute Gasteiger partial charge is 0.507 e. The number of benzene rings is 3. The van der Waals surface area contributed by atoms with E-state index in [1.165, 1.54) is 0 Å². The summed E-state index contributed by atoms with van der Waals surface area (Å²) in [6.45, 7) is 4.29. The Hall–Kier alpha value is -3.86. The number of nitrogens with zero attached hydrogens (tertiary/aromatic N) is 1. The molecule has 3 aromatic carbocycles. The molecular formula is C28H27NO4. The quantitative estimate of drug-likeness (QED) is 0.333. The number of Topliss-reactive ketones (excluding diaryl/α,β-unsaturated/α-hetero) is 1. The molecule has 0 spiro atoms. The predicted molar refractivity (Wildman–Crippen MR) is 128 cm³/mol. The maximum Gasteiger partial charge on any atom is 0.295 e. The van der Waals surface area contributed by atoms with Crippen LogP contribution in [0.15, 0.2) is 78.4 Å². The van der Waals surface area contributed by atoms with E-state index in [1.807, 2.05) is 80.6 Å². The predicted octanol–water partition coefficient (Wildman–Crippen LogP) is 4.98. The summed E-state index contributed by atoms with van der Waals surface area (Å²) in [5.41, 5.74) is 4.57. The molecular weight excluding hydrogens is 414 g/mol. The molecule has 4 rings (SSSR count). The molecule has 33 heavy (non-hydrogen) atoms. The molecule has 1 saturated heterocycles. The van der Waals surface area contributed by atoms with E-state index in [-0.39, 0.29) is 11.3 Å². The van der Waals surface area contributed by atoms with Crippen LogP contribution >= 0.6 is 0 Å². The van der Waals surface area contributed by atoms with Gasteiger partial charge in [-0.25, -0.2) is 0 Å². The molecule has 1 fully saturated rings. The molecule has 1 amide bonds. The minimum Gasteiger partial charge on any atom is -0.507 e. The number of methoxy groups -OCH3 is 1. The Labute approximate surface area is 193 Å². The number of rotatable bonds is 6. The average molecular weight is 442 g/mol. The average Bonchev–Trinajstić information content (AvgIpc) is 3.09. The fourth-order valence-electron chi connectivity index (χ4n) is 4.18. The second-order valence-corrected chi connectivity index (χ2v) is 8.30. The van der Waals surface area contributed by atoms with Gasteiger partial charge in [-0.1, -0.05) is 54.6 Å². The number of ketones is 1. The van der Waals surface area contributed by atoms with Crippen LogP contribution in [-0.2, 0) is 16.0 Å². The lowest BCUT2D eigenvalue weighted by molar-refractivity contribution is -0.139. The first kappa shape index (κ1) is 22.3. The van der Waals surface area contributed by atoms with Crippen LogP contribution in [0.4, 0.5) is 0 Å². The summed E-state index contributed by atoms with van der Waals surface area (Å²) in [6.07, 6.45) is 0.573. The van der Waals surface area contributed by atoms with E-state index in [9.17, 15) is 14.7 Å². The lowest BCUT2D eigenvalue weighted by Crippen LogP contribution is -2.31. The zero-order chi connectivity index (χ0) is 23.5. The highest BCUT2D eigenvalue weighted by molar-refractivity contribution is 6.46. The molecule has 1 unspecified atom stereocenters. The monoisotopic (exact) mass is 441 g/mol. The van der Waals surface area contributed by atoms with Crippen molar-refractivity contribution in [3.05, 3.63) is 106 Å². The summed E-state index contributed by atoms with van der Waals surface area (Å²) in [7, 11) is 1.61. The first-order chi connectivity index (χ1) is 15.9. The number of aliphatic hydroxyl groups excluding tert-OH is 1. The second kappa shape index (κ2) is 9.33. The first-order valence-corrected chi connectivity index (χ1v) is 10.9. The number of aliphatic hydroxyl groups is 1. The number of amides is 1. The first-order valence-electron chi connectivity index (χ1n) is 10.9. The van der Waals surface area contributed by atoms with Gasteiger partial charge in [-0.05, 0) is 60.7 Å². The summed E-state index contributed by atoms with van der Waals surface area (Å²) in [6, 6.07) is 21.9. The van der Waals surface area contributed by atoms with Gasteiger partial charge in [0.05, 0.1) is 18.7 Å². The molecule has 1 aliphatic rings. The lowest BCUT2D eigenvalue weighted by Gasteiger charge is -2.25. The Morgan fingerprint density at radius 3 is 2.27 bits per heavy atom. The normalized spacial score (nSPS) is 17.4. The number of likely N-dealkylation sites (tertiary alicyclic amines) is 1. The van der Waals surface area contributed by atoms with Crippen molar-refractivity contribution in [2.45, 2.75) is 26.3 Å². The molecule has 0 bridgehead atoms. The summed E-state index contributed by atoms with van der Waals surface area (Å²) < 4.78 is 5.21. The maximum absolute atomic E-state index is 13.1. The highest BCUT2D eigenvalue weighted by atomic mass is 16.5. The van der Waals surface area contributed by atoms with Crippen LogP contribution in [0.25, 0.3) is 5.76 Å². The summed E-state index contributed by atoms with van der Waals surface area (Å²) in [5, 5.41) is 11.2. The third-order valence-electron chi connectivity index (χ3n) is 6.24. The van der Waals surface area contributed by atoms with Gasteiger partial charge < -0.3 is 14.7 Å². The van der Waals surface area contributed by atoms with Gasteiger partial charge in [-0.2, -0.15) is 0 Å². The number of aryl methyl sites for hydroxylation is 2. The van der Waals surface area contributed by atoms with Crippen LogP contribution in [-0.4, -0.2) is 35.4 Å². The van der Waals surface area contributed by atoms with E-state index < -0.39 is 17.7 Å². The van der Waals surface area contributed by atoms with Crippen LogP contribution in [0, 0.1) is 13.8 Å². The molecule has 5 heteroatoms. The van der Waals surface area contributed by atoms with Crippen molar-refractivity contribution in [2.75, 3.05) is 13.7 Å². The van der Waals surface area contributed by atoms with Gasteiger partial charge in [-0.15, -0.1) is 0 Å². The van der Waals surface area contributed by atoms with E-state index in [2.05, 4.69) is 0 Å². The second-order valence-electron chi connectivity index (χ2n) is 8.30. The Kier molecular flexibility index (Phi) is 6.31. The highest BCUT2D eigenvalue weighted by Crippen LogP contribution is 2.39. The van der Waals surface area contributed by atoms with E-state index >= 15 is 0 Å². The number of carbonyl (C=O) groups is 2. The third kappa shape index (κ3) is 4.40. The maximum atomic E-state index is 13.1. The highest BCUT2D eigenvalue weighted by Gasteiger charge is 2.45. The van der Waals surface area contributed by atoms with E-state index in [4.69, 9.17) is 4.74 Å². The molecule has 0 saturated carbocycles. The smallest absolute Gasteiger partial charge is 0.295 e. The summed E-state index contributed by atoms with van der Waals surface area (Å²) in [5.74, 6) is -0.633. The Bertz CT molecular complexity index is 1210. The number of carbonyl (C=O) groups excluding carboxylic acids is 2.